The highest BCUT2D eigenvalue weighted by Gasteiger charge is 2.38. The van der Waals surface area contributed by atoms with Gasteiger partial charge < -0.3 is 25.4 Å². The van der Waals surface area contributed by atoms with Crippen LogP contribution in [0.4, 0.5) is 11.4 Å². The van der Waals surface area contributed by atoms with Crippen LogP contribution < -0.4 is 16.0 Å². The van der Waals surface area contributed by atoms with E-state index < -0.39 is 16.4 Å². The summed E-state index contributed by atoms with van der Waals surface area (Å²) < 4.78 is 17.6. The summed E-state index contributed by atoms with van der Waals surface area (Å²) in [4.78, 5) is 38.5. The van der Waals surface area contributed by atoms with Crippen LogP contribution in [0.3, 0.4) is 0 Å². The lowest BCUT2D eigenvalue weighted by molar-refractivity contribution is -0.383. The molecular weight excluding hydrogens is 775 g/mol. The number of anilines is 1. The zero-order valence-corrected chi connectivity index (χ0v) is 32.4. The van der Waals surface area contributed by atoms with Gasteiger partial charge in [-0.2, -0.15) is 5.10 Å². The summed E-state index contributed by atoms with van der Waals surface area (Å²) in [5.74, 6) is -0.791. The molecule has 18 heteroatoms. The van der Waals surface area contributed by atoms with Gasteiger partial charge in [-0.1, -0.05) is 54.7 Å². The highest BCUT2D eigenvalue weighted by atomic mass is 35.5. The Bertz CT molecular complexity index is 2200. The monoisotopic (exact) mass is 812 g/mol. The van der Waals surface area contributed by atoms with Gasteiger partial charge in [0.15, 0.2) is 11.2 Å². The number of nitrogens with one attached hydrogen (secondary N) is 3. The highest BCUT2D eigenvalue weighted by molar-refractivity contribution is 6.35. The van der Waals surface area contributed by atoms with Crippen molar-refractivity contribution in [1.82, 2.24) is 30.7 Å². The van der Waals surface area contributed by atoms with E-state index >= 15 is 0 Å². The molecule has 2 heterocycles. The SMILES string of the molecule is CCC(CC)(NC(=O)c1nn(-c2ccc(Cl)cc2Cl)c2c1CCCc1cc(Cl)ccc1-2)C(=O)NCCOCCOCCNc1ccc([N+](=O)[O-])c2nonc12. The number of halogens is 3. The zero-order valence-electron chi connectivity index (χ0n) is 30.1. The first-order valence-electron chi connectivity index (χ1n) is 17.8. The topological polar surface area (TPSA) is 189 Å². The molecule has 1 aliphatic carbocycles. The molecule has 290 valence electrons. The molecule has 0 bridgehead atoms. The number of nitro benzene ring substituents is 1. The Balaban J connectivity index is 1.03. The van der Waals surface area contributed by atoms with Gasteiger partial charge in [0.1, 0.15) is 5.54 Å². The van der Waals surface area contributed by atoms with E-state index in [1.54, 1.807) is 22.9 Å². The lowest BCUT2D eigenvalue weighted by Gasteiger charge is -2.31. The number of fused-ring (bicyclic) bond motifs is 4. The first-order chi connectivity index (χ1) is 26.6. The van der Waals surface area contributed by atoms with E-state index in [2.05, 4.69) is 30.9 Å². The van der Waals surface area contributed by atoms with E-state index in [0.717, 1.165) is 35.2 Å². The predicted molar refractivity (Wildman–Crippen MR) is 208 cm³/mol. The molecule has 0 radical (unpaired) electrons. The van der Waals surface area contributed by atoms with Gasteiger partial charge in [0, 0.05) is 40.3 Å². The smallest absolute Gasteiger partial charge is 0.300 e. The molecule has 0 saturated carbocycles. The standard InChI is InChI=1S/C37H39Cl3N8O7/c1-3-37(4-2,36(50)42-15-17-54-19-18-53-16-14-41-28-11-13-30(48(51)52)33-32(28)45-55-46-33)43-35(49)31-26-7-5-6-22-20-23(38)8-10-25(22)34(26)47(44-31)29-12-9-24(39)21-27(29)40/h8-13,20-21,41H,3-7,14-19H2,1-2H3,(H,42,50)(H,43,49). The number of nitro groups is 1. The third-order valence-electron chi connectivity index (χ3n) is 9.58. The summed E-state index contributed by atoms with van der Waals surface area (Å²) in [6.45, 7) is 5.47. The van der Waals surface area contributed by atoms with Crippen molar-refractivity contribution in [2.45, 2.75) is 51.5 Å². The van der Waals surface area contributed by atoms with Crippen molar-refractivity contribution < 1.29 is 28.6 Å². The minimum Gasteiger partial charge on any atom is -0.381 e. The number of ether oxygens (including phenoxy) is 2. The van der Waals surface area contributed by atoms with Crippen LogP contribution in [0.25, 0.3) is 28.0 Å². The van der Waals surface area contributed by atoms with Crippen molar-refractivity contribution in [1.29, 1.82) is 0 Å². The summed E-state index contributed by atoms with van der Waals surface area (Å²) in [6.07, 6.45) is 2.79. The summed E-state index contributed by atoms with van der Waals surface area (Å²) in [5, 5.41) is 33.9. The molecule has 2 aromatic heterocycles. The van der Waals surface area contributed by atoms with E-state index in [0.29, 0.717) is 65.5 Å². The predicted octanol–water partition coefficient (Wildman–Crippen LogP) is 6.98. The molecule has 2 amide bonds. The Morgan fingerprint density at radius 3 is 2.36 bits per heavy atom. The van der Waals surface area contributed by atoms with Crippen molar-refractivity contribution >= 4 is 69.0 Å². The van der Waals surface area contributed by atoms with Crippen molar-refractivity contribution in [2.24, 2.45) is 0 Å². The average Bonchev–Trinajstić information content (AvgIpc) is 3.76. The molecule has 15 nitrogen and oxygen atoms in total. The number of carbonyl (C=O) groups is 2. The molecule has 55 heavy (non-hydrogen) atoms. The summed E-state index contributed by atoms with van der Waals surface area (Å²) in [5.41, 5.74) is 3.70. The van der Waals surface area contributed by atoms with Gasteiger partial charge in [-0.25, -0.2) is 9.31 Å². The first-order valence-corrected chi connectivity index (χ1v) is 19.0. The second kappa shape index (κ2) is 17.8. The fraction of sp³-hybridized carbons (Fsp3) is 0.378. The number of hydrogen-bond acceptors (Lipinski definition) is 11. The van der Waals surface area contributed by atoms with Crippen LogP contribution >= 0.6 is 34.8 Å². The van der Waals surface area contributed by atoms with Crippen LogP contribution in [0.1, 0.15) is 54.7 Å². The van der Waals surface area contributed by atoms with Crippen molar-refractivity contribution in [3.63, 3.8) is 0 Å². The lowest BCUT2D eigenvalue weighted by atomic mass is 9.91. The molecule has 0 fully saturated rings. The molecule has 0 unspecified atom stereocenters. The number of hydrogen-bond donors (Lipinski definition) is 3. The molecule has 0 atom stereocenters. The minimum absolute atomic E-state index is 0.0633. The second-order valence-corrected chi connectivity index (χ2v) is 14.1. The van der Waals surface area contributed by atoms with Crippen molar-refractivity contribution in [2.75, 3.05) is 44.8 Å². The Morgan fingerprint density at radius 1 is 0.927 bits per heavy atom. The van der Waals surface area contributed by atoms with E-state index in [-0.39, 0.29) is 48.1 Å². The van der Waals surface area contributed by atoms with Crippen LogP contribution in [0.15, 0.2) is 53.2 Å². The number of carbonyl (C=O) groups excluding carboxylic acids is 2. The molecule has 3 N–H and O–H groups in total. The normalized spacial score (nSPS) is 12.5. The lowest BCUT2D eigenvalue weighted by Crippen LogP contribution is -2.58. The maximum Gasteiger partial charge on any atom is 0.300 e. The number of amides is 2. The number of rotatable bonds is 17. The van der Waals surface area contributed by atoms with Crippen LogP contribution in [0.2, 0.25) is 15.1 Å². The van der Waals surface area contributed by atoms with Crippen LogP contribution in [0.5, 0.6) is 0 Å². The van der Waals surface area contributed by atoms with Gasteiger partial charge in [-0.05, 0) is 84.4 Å². The van der Waals surface area contributed by atoms with Gasteiger partial charge in [-0.3, -0.25) is 19.7 Å². The zero-order chi connectivity index (χ0) is 39.1. The van der Waals surface area contributed by atoms with Gasteiger partial charge in [-0.15, -0.1) is 0 Å². The summed E-state index contributed by atoms with van der Waals surface area (Å²) in [6, 6.07) is 13.7. The average molecular weight is 814 g/mol. The van der Waals surface area contributed by atoms with Gasteiger partial charge in [0.25, 0.3) is 5.91 Å². The first kappa shape index (κ1) is 39.9. The molecule has 6 rings (SSSR count). The maximum absolute atomic E-state index is 14.2. The molecule has 0 aliphatic heterocycles. The molecule has 1 aliphatic rings. The highest BCUT2D eigenvalue weighted by Crippen LogP contribution is 2.39. The van der Waals surface area contributed by atoms with Crippen molar-refractivity contribution in [3.8, 4) is 16.9 Å². The second-order valence-electron chi connectivity index (χ2n) is 12.8. The molecule has 0 spiro atoms. The van der Waals surface area contributed by atoms with Crippen LogP contribution in [-0.4, -0.2) is 81.9 Å². The van der Waals surface area contributed by atoms with E-state index in [1.165, 1.54) is 12.1 Å². The number of nitrogens with zero attached hydrogens (tertiary/aromatic N) is 5. The third kappa shape index (κ3) is 8.71. The van der Waals surface area contributed by atoms with E-state index in [4.69, 9.17) is 49.4 Å². The van der Waals surface area contributed by atoms with E-state index in [9.17, 15) is 19.7 Å². The van der Waals surface area contributed by atoms with Crippen LogP contribution in [0, 0.1) is 10.1 Å². The fourth-order valence-corrected chi connectivity index (χ4v) is 7.32. The number of aryl methyl sites for hydroxylation is 1. The Kier molecular flexibility index (Phi) is 12.9. The molecule has 5 aromatic rings. The maximum atomic E-state index is 14.2. The third-order valence-corrected chi connectivity index (χ3v) is 10.4. The van der Waals surface area contributed by atoms with Gasteiger partial charge in [0.05, 0.1) is 53.4 Å². The summed E-state index contributed by atoms with van der Waals surface area (Å²) >= 11 is 19.3. The number of aromatic nitrogens is 4. The van der Waals surface area contributed by atoms with Gasteiger partial charge >= 0.3 is 5.69 Å². The van der Waals surface area contributed by atoms with E-state index in [1.807, 2.05) is 32.0 Å². The summed E-state index contributed by atoms with van der Waals surface area (Å²) in [7, 11) is 0. The van der Waals surface area contributed by atoms with Gasteiger partial charge in [0.2, 0.25) is 11.4 Å². The molecule has 0 saturated heterocycles. The Hall–Kier alpha value is -4.80. The van der Waals surface area contributed by atoms with Crippen LogP contribution in [-0.2, 0) is 27.1 Å². The molecule has 3 aromatic carbocycles. The quantitative estimate of drug-likeness (QED) is 0.0499. The fourth-order valence-electron chi connectivity index (χ4n) is 6.64. The number of benzene rings is 3. The Morgan fingerprint density at radius 2 is 1.64 bits per heavy atom. The Labute approximate surface area is 331 Å². The van der Waals surface area contributed by atoms with Crippen molar-refractivity contribution in [3.05, 3.63) is 90.5 Å². The number of non-ortho nitro benzene ring substituents is 1. The minimum atomic E-state index is -1.20. The molecular formula is C37H39Cl3N8O7. The largest absolute Gasteiger partial charge is 0.381 e.